The molecule has 0 unspecified atom stereocenters. The van der Waals surface area contributed by atoms with Gasteiger partial charge in [0.25, 0.3) is 0 Å². The molecule has 176 valence electrons. The molecule has 1 saturated heterocycles. The van der Waals surface area contributed by atoms with Gasteiger partial charge in [-0.1, -0.05) is 36.4 Å². The summed E-state index contributed by atoms with van der Waals surface area (Å²) in [4.78, 5) is 8.99. The van der Waals surface area contributed by atoms with E-state index < -0.39 is 10.0 Å². The third-order valence-corrected chi connectivity index (χ3v) is 6.51. The van der Waals surface area contributed by atoms with Crippen molar-refractivity contribution in [2.24, 2.45) is 4.99 Å². The minimum Gasteiger partial charge on any atom is -0.366 e. The number of rotatable bonds is 7. The van der Waals surface area contributed by atoms with E-state index in [0.717, 1.165) is 36.7 Å². The van der Waals surface area contributed by atoms with Crippen molar-refractivity contribution in [3.8, 4) is 0 Å². The van der Waals surface area contributed by atoms with E-state index in [-0.39, 0.29) is 35.5 Å². The Morgan fingerprint density at radius 3 is 2.41 bits per heavy atom. The molecule has 32 heavy (non-hydrogen) atoms. The third kappa shape index (κ3) is 7.31. The van der Waals surface area contributed by atoms with E-state index in [0.29, 0.717) is 25.3 Å². The molecule has 3 rings (SSSR count). The van der Waals surface area contributed by atoms with Crippen molar-refractivity contribution in [2.75, 3.05) is 44.7 Å². The molecule has 2 aromatic rings. The van der Waals surface area contributed by atoms with Gasteiger partial charge in [-0.3, -0.25) is 0 Å². The highest BCUT2D eigenvalue weighted by atomic mass is 127. The van der Waals surface area contributed by atoms with Gasteiger partial charge in [0.05, 0.1) is 18.0 Å². The lowest BCUT2D eigenvalue weighted by Gasteiger charge is -2.37. The van der Waals surface area contributed by atoms with Crippen LogP contribution in [0.2, 0.25) is 0 Å². The van der Waals surface area contributed by atoms with Crippen LogP contribution < -0.4 is 14.9 Å². The maximum atomic E-state index is 14.1. The highest BCUT2D eigenvalue weighted by molar-refractivity contribution is 14.0. The van der Waals surface area contributed by atoms with Gasteiger partial charge < -0.3 is 15.1 Å². The highest BCUT2D eigenvalue weighted by Gasteiger charge is 2.21. The van der Waals surface area contributed by atoms with Crippen LogP contribution in [0.3, 0.4) is 0 Å². The van der Waals surface area contributed by atoms with Gasteiger partial charge in [0.1, 0.15) is 5.82 Å². The van der Waals surface area contributed by atoms with Crippen molar-refractivity contribution in [3.05, 3.63) is 65.5 Å². The fourth-order valence-electron chi connectivity index (χ4n) is 3.57. The summed E-state index contributed by atoms with van der Waals surface area (Å²) >= 11 is 0. The number of sulfonamides is 1. The predicted molar refractivity (Wildman–Crippen MR) is 139 cm³/mol. The lowest BCUT2D eigenvalue weighted by Crippen LogP contribution is -2.52. The SMILES string of the molecule is CCNC(=NCc1cccc(CS(=O)(=O)NC)c1)N1CCN(c2ccccc2F)CC1.I. The maximum absolute atomic E-state index is 14.1. The lowest BCUT2D eigenvalue weighted by atomic mass is 10.1. The van der Waals surface area contributed by atoms with Crippen LogP contribution >= 0.6 is 24.0 Å². The monoisotopic (exact) mass is 575 g/mol. The molecule has 0 atom stereocenters. The van der Waals surface area contributed by atoms with Crippen molar-refractivity contribution >= 4 is 45.6 Å². The van der Waals surface area contributed by atoms with Crippen LogP contribution in [0.1, 0.15) is 18.1 Å². The van der Waals surface area contributed by atoms with E-state index in [1.54, 1.807) is 12.1 Å². The summed E-state index contributed by atoms with van der Waals surface area (Å²) in [5.74, 6) is 0.555. The first-order chi connectivity index (χ1) is 14.9. The first kappa shape index (κ1) is 26.3. The number of halogens is 2. The molecular formula is C22H31FIN5O2S. The topological polar surface area (TPSA) is 77.0 Å². The number of nitrogens with zero attached hydrogens (tertiary/aromatic N) is 3. The summed E-state index contributed by atoms with van der Waals surface area (Å²) in [5, 5.41) is 3.33. The fraction of sp³-hybridized carbons (Fsp3) is 0.409. The number of piperazine rings is 1. The quantitative estimate of drug-likeness (QED) is 0.302. The minimum atomic E-state index is -3.32. The molecule has 0 bridgehead atoms. The second-order valence-corrected chi connectivity index (χ2v) is 9.31. The second kappa shape index (κ2) is 12.4. The van der Waals surface area contributed by atoms with Crippen LogP contribution in [0.5, 0.6) is 0 Å². The Hall–Kier alpha value is -1.92. The molecule has 0 aromatic heterocycles. The number of aliphatic imine (C=N–C) groups is 1. The molecule has 2 aromatic carbocycles. The average molecular weight is 575 g/mol. The lowest BCUT2D eigenvalue weighted by molar-refractivity contribution is 0.370. The second-order valence-electron chi connectivity index (χ2n) is 7.38. The van der Waals surface area contributed by atoms with Crippen LogP contribution in [0, 0.1) is 5.82 Å². The largest absolute Gasteiger partial charge is 0.366 e. The molecule has 0 saturated carbocycles. The summed E-state index contributed by atoms with van der Waals surface area (Å²) < 4.78 is 40.0. The zero-order valence-corrected chi connectivity index (χ0v) is 21.6. The first-order valence-electron chi connectivity index (χ1n) is 10.4. The summed E-state index contributed by atoms with van der Waals surface area (Å²) in [6.07, 6.45) is 0. The van der Waals surface area contributed by atoms with E-state index >= 15 is 0 Å². The Labute approximate surface area is 207 Å². The third-order valence-electron chi connectivity index (χ3n) is 5.18. The van der Waals surface area contributed by atoms with Crippen LogP contribution in [-0.2, 0) is 22.3 Å². The number of hydrogen-bond donors (Lipinski definition) is 2. The van der Waals surface area contributed by atoms with Gasteiger partial charge in [-0.2, -0.15) is 0 Å². The first-order valence-corrected chi connectivity index (χ1v) is 12.1. The molecule has 10 heteroatoms. The van der Waals surface area contributed by atoms with Gasteiger partial charge in [-0.25, -0.2) is 22.5 Å². The zero-order chi connectivity index (χ0) is 22.3. The van der Waals surface area contributed by atoms with Gasteiger partial charge in [-0.05, 0) is 37.2 Å². The van der Waals surface area contributed by atoms with Gasteiger partial charge in [0, 0.05) is 32.7 Å². The number of nitrogens with one attached hydrogen (secondary N) is 2. The fourth-order valence-corrected chi connectivity index (χ4v) is 4.33. The predicted octanol–water partition coefficient (Wildman–Crippen LogP) is 2.78. The van der Waals surface area contributed by atoms with Crippen molar-refractivity contribution in [1.29, 1.82) is 0 Å². The molecule has 1 aliphatic heterocycles. The molecule has 1 heterocycles. The molecular weight excluding hydrogens is 544 g/mol. The Bertz CT molecular complexity index is 1010. The van der Waals surface area contributed by atoms with Crippen molar-refractivity contribution in [2.45, 2.75) is 19.2 Å². The normalized spacial score (nSPS) is 14.8. The number of hydrogen-bond acceptors (Lipinski definition) is 4. The van der Waals surface area contributed by atoms with Gasteiger partial charge in [0.2, 0.25) is 10.0 Å². The van der Waals surface area contributed by atoms with E-state index in [9.17, 15) is 12.8 Å². The summed E-state index contributed by atoms with van der Waals surface area (Å²) in [6.45, 7) is 6.11. The van der Waals surface area contributed by atoms with Gasteiger partial charge in [-0.15, -0.1) is 24.0 Å². The molecule has 0 aliphatic carbocycles. The number of anilines is 1. The van der Waals surface area contributed by atoms with Gasteiger partial charge >= 0.3 is 0 Å². The maximum Gasteiger partial charge on any atom is 0.215 e. The van der Waals surface area contributed by atoms with Crippen molar-refractivity contribution < 1.29 is 12.8 Å². The Morgan fingerprint density at radius 2 is 1.75 bits per heavy atom. The van der Waals surface area contributed by atoms with E-state index in [4.69, 9.17) is 4.99 Å². The Morgan fingerprint density at radius 1 is 1.06 bits per heavy atom. The Kier molecular flexibility index (Phi) is 10.2. The average Bonchev–Trinajstić information content (AvgIpc) is 2.77. The summed E-state index contributed by atoms with van der Waals surface area (Å²) in [7, 11) is -1.90. The van der Waals surface area contributed by atoms with Crippen LogP contribution in [0.25, 0.3) is 0 Å². The molecule has 2 N–H and O–H groups in total. The molecule has 1 aliphatic rings. The van der Waals surface area contributed by atoms with Crippen LogP contribution in [0.15, 0.2) is 53.5 Å². The van der Waals surface area contributed by atoms with Crippen LogP contribution in [0.4, 0.5) is 10.1 Å². The minimum absolute atomic E-state index is 0. The van der Waals surface area contributed by atoms with E-state index in [1.807, 2.05) is 37.3 Å². The van der Waals surface area contributed by atoms with E-state index in [1.165, 1.54) is 13.1 Å². The molecule has 1 fully saturated rings. The summed E-state index contributed by atoms with van der Waals surface area (Å²) in [5.41, 5.74) is 2.31. The Balaban J connectivity index is 0.00000363. The van der Waals surface area contributed by atoms with Gasteiger partial charge in [0.15, 0.2) is 5.96 Å². The zero-order valence-electron chi connectivity index (χ0n) is 18.4. The smallest absolute Gasteiger partial charge is 0.215 e. The standard InChI is InChI=1S/C22H30FN5O2S.HI/c1-3-25-22(26-16-18-7-6-8-19(15-18)17-31(29,30)24-2)28-13-11-27(12-14-28)21-10-5-4-9-20(21)23;/h4-10,15,24H,3,11-14,16-17H2,1-2H3,(H,25,26);1H. The van der Waals surface area contributed by atoms with Crippen LogP contribution in [-0.4, -0.2) is 59.0 Å². The molecule has 0 radical (unpaired) electrons. The van der Waals surface area contributed by atoms with Crippen molar-refractivity contribution in [3.63, 3.8) is 0 Å². The van der Waals surface area contributed by atoms with E-state index in [2.05, 4.69) is 19.8 Å². The summed E-state index contributed by atoms with van der Waals surface area (Å²) in [6, 6.07) is 14.3. The number of para-hydroxylation sites is 1. The molecule has 0 amide bonds. The molecule has 0 spiro atoms. The van der Waals surface area contributed by atoms with Crippen molar-refractivity contribution in [1.82, 2.24) is 14.9 Å². The highest BCUT2D eigenvalue weighted by Crippen LogP contribution is 2.20. The molecule has 7 nitrogen and oxygen atoms in total. The number of guanidine groups is 1. The number of benzene rings is 2.